The van der Waals surface area contributed by atoms with Gasteiger partial charge >= 0.3 is 0 Å². The van der Waals surface area contributed by atoms with E-state index in [2.05, 4.69) is 97.3 Å². The number of benzene rings is 5. The normalized spacial score (nSPS) is 10.7. The molecule has 8 heteroatoms. The Morgan fingerprint density at radius 1 is 0.488 bits per heavy atom. The monoisotopic (exact) mass is 662 g/mol. The number of nitrogens with zero attached hydrogens (tertiary/aromatic N) is 5. The van der Waals surface area contributed by atoms with Gasteiger partial charge in [-0.05, 0) is 72.8 Å². The largest absolute Gasteiger partial charge is 0.345 e. The molecule has 0 aliphatic rings. The van der Waals surface area contributed by atoms with Crippen molar-refractivity contribution in [1.29, 1.82) is 0 Å². The zero-order valence-electron chi connectivity index (χ0n) is 21.8. The minimum atomic E-state index is 0.996. The quantitative estimate of drug-likeness (QED) is 0.201. The molecule has 0 fully saturated rings. The number of hydrogen-bond acceptors (Lipinski definition) is 3. The smallest absolute Gasteiger partial charge is 0.100 e. The van der Waals surface area contributed by atoms with Crippen LogP contribution in [0.25, 0.3) is 44.5 Å². The first-order chi connectivity index (χ1) is 20.2. The van der Waals surface area contributed by atoms with Crippen LogP contribution in [-0.2, 0) is 0 Å². The van der Waals surface area contributed by atoms with Crippen molar-refractivity contribution >= 4 is 65.0 Å². The zero-order valence-corrected chi connectivity index (χ0v) is 24.9. The maximum Gasteiger partial charge on any atom is 0.100 e. The van der Waals surface area contributed by atoms with Crippen LogP contribution < -0.4 is 0 Å². The maximum absolute atomic E-state index is 4.48. The van der Waals surface area contributed by atoms with Crippen LogP contribution in [0, 0.1) is 0 Å². The highest BCUT2D eigenvalue weighted by molar-refractivity contribution is 9.11. The molecule has 0 saturated carbocycles. The van der Waals surface area contributed by atoms with Gasteiger partial charge in [0.05, 0.1) is 39.4 Å². The second-order valence-electron chi connectivity index (χ2n) is 9.09. The number of aromatic nitrogens is 6. The number of H-pyrrole nitrogens is 1. The first kappa shape index (κ1) is 26.7. The predicted molar refractivity (Wildman–Crippen MR) is 174 cm³/mol. The van der Waals surface area contributed by atoms with Gasteiger partial charge in [-0.2, -0.15) is 0 Å². The first-order valence-corrected chi connectivity index (χ1v) is 14.5. The molecular formula is C33H24Br2N6. The average Bonchev–Trinajstić information content (AvgIpc) is 3.76. The predicted octanol–water partition coefficient (Wildman–Crippen LogP) is 9.14. The van der Waals surface area contributed by atoms with Crippen LogP contribution in [0.15, 0.2) is 149 Å². The van der Waals surface area contributed by atoms with Crippen LogP contribution in [0.4, 0.5) is 0 Å². The summed E-state index contributed by atoms with van der Waals surface area (Å²) in [5.74, 6) is 0. The molecule has 0 amide bonds. The summed E-state index contributed by atoms with van der Waals surface area (Å²) in [7, 11) is 0. The molecule has 1 N–H and O–H groups in total. The average molecular weight is 664 g/mol. The standard InChI is InChI=1S/C20H14N4.C7H6N2.C6H4Br2/c1-3-10-19-17(8-1)21-13-23(19)15-6-5-7-16(12-15)24-14-22-18-9-2-4-11-20(18)24;1-2-4-7-6(3-1)8-5-9-7;7-5-2-1-3-6(8)4-5/h1-14H;1-5H,(H,8,9);1-4H. The maximum atomic E-state index is 4.48. The Morgan fingerprint density at radius 2 is 1.00 bits per heavy atom. The number of rotatable bonds is 2. The van der Waals surface area contributed by atoms with E-state index in [1.165, 1.54) is 0 Å². The molecule has 0 saturated heterocycles. The van der Waals surface area contributed by atoms with Crippen molar-refractivity contribution in [3.63, 3.8) is 0 Å². The Morgan fingerprint density at radius 3 is 1.54 bits per heavy atom. The Balaban J connectivity index is 0.000000145. The molecule has 8 aromatic rings. The lowest BCUT2D eigenvalue weighted by molar-refractivity contribution is 1.06. The molecule has 0 unspecified atom stereocenters. The van der Waals surface area contributed by atoms with Crippen molar-refractivity contribution in [2.75, 3.05) is 0 Å². The van der Waals surface area contributed by atoms with Crippen molar-refractivity contribution in [1.82, 2.24) is 29.1 Å². The fourth-order valence-electron chi connectivity index (χ4n) is 4.46. The van der Waals surface area contributed by atoms with Gasteiger partial charge in [-0.15, -0.1) is 0 Å². The fraction of sp³-hybridized carbons (Fsp3) is 0. The molecule has 41 heavy (non-hydrogen) atoms. The van der Waals surface area contributed by atoms with Gasteiger partial charge in [0.15, 0.2) is 0 Å². The highest BCUT2D eigenvalue weighted by Crippen LogP contribution is 2.23. The summed E-state index contributed by atoms with van der Waals surface area (Å²) in [5, 5.41) is 0. The molecule has 0 radical (unpaired) electrons. The third kappa shape index (κ3) is 6.14. The van der Waals surface area contributed by atoms with Crippen molar-refractivity contribution in [3.8, 4) is 11.4 Å². The molecule has 8 rings (SSSR count). The van der Waals surface area contributed by atoms with E-state index < -0.39 is 0 Å². The molecule has 3 heterocycles. The number of imidazole rings is 3. The molecule has 0 aliphatic carbocycles. The highest BCUT2D eigenvalue weighted by atomic mass is 79.9. The summed E-state index contributed by atoms with van der Waals surface area (Å²) in [6, 6.07) is 40.6. The SMILES string of the molecule is Brc1cccc(Br)c1.c1cc(-n2cnc3ccccc32)cc(-n2cnc3ccccc32)c1.c1ccc2[nH]cnc2c1. The first-order valence-electron chi connectivity index (χ1n) is 12.9. The summed E-state index contributed by atoms with van der Waals surface area (Å²) < 4.78 is 6.43. The highest BCUT2D eigenvalue weighted by Gasteiger charge is 2.07. The molecule has 0 aliphatic heterocycles. The number of halogens is 2. The lowest BCUT2D eigenvalue weighted by Gasteiger charge is -2.09. The van der Waals surface area contributed by atoms with Crippen LogP contribution >= 0.6 is 31.9 Å². The third-order valence-corrected chi connectivity index (χ3v) is 7.39. The van der Waals surface area contributed by atoms with Gasteiger partial charge in [-0.1, -0.05) is 80.4 Å². The van der Waals surface area contributed by atoms with E-state index in [-0.39, 0.29) is 0 Å². The Bertz CT molecular complexity index is 1920. The number of nitrogens with one attached hydrogen (secondary N) is 1. The summed E-state index contributed by atoms with van der Waals surface area (Å²) in [5.41, 5.74) is 8.48. The van der Waals surface area contributed by atoms with E-state index in [1.807, 2.05) is 97.6 Å². The van der Waals surface area contributed by atoms with E-state index in [9.17, 15) is 0 Å². The minimum Gasteiger partial charge on any atom is -0.345 e. The Labute approximate surface area is 253 Å². The number of para-hydroxylation sites is 6. The van der Waals surface area contributed by atoms with Crippen molar-refractivity contribution in [3.05, 3.63) is 149 Å². The molecule has 0 bridgehead atoms. The second kappa shape index (κ2) is 12.3. The van der Waals surface area contributed by atoms with Crippen molar-refractivity contribution in [2.45, 2.75) is 0 Å². The minimum absolute atomic E-state index is 0.996. The van der Waals surface area contributed by atoms with Gasteiger partial charge in [0.2, 0.25) is 0 Å². The van der Waals surface area contributed by atoms with Gasteiger partial charge in [-0.25, -0.2) is 15.0 Å². The van der Waals surface area contributed by atoms with Gasteiger partial charge in [0, 0.05) is 20.3 Å². The molecule has 5 aromatic carbocycles. The number of aromatic amines is 1. The summed E-state index contributed by atoms with van der Waals surface area (Å²) in [6.45, 7) is 0. The fourth-order valence-corrected chi connectivity index (χ4v) is 5.57. The van der Waals surface area contributed by atoms with Gasteiger partial charge < -0.3 is 4.98 Å². The summed E-state index contributed by atoms with van der Waals surface area (Å²) >= 11 is 6.66. The molecule has 6 nitrogen and oxygen atoms in total. The number of fused-ring (bicyclic) bond motifs is 3. The van der Waals surface area contributed by atoms with Crippen LogP contribution in [-0.4, -0.2) is 29.1 Å². The van der Waals surface area contributed by atoms with Crippen LogP contribution in [0.2, 0.25) is 0 Å². The van der Waals surface area contributed by atoms with Gasteiger partial charge in [0.25, 0.3) is 0 Å². The molecule has 3 aromatic heterocycles. The van der Waals surface area contributed by atoms with E-state index in [1.54, 1.807) is 6.33 Å². The molecule has 0 spiro atoms. The van der Waals surface area contributed by atoms with Gasteiger partial charge in [-0.3, -0.25) is 9.13 Å². The van der Waals surface area contributed by atoms with E-state index in [0.717, 1.165) is 53.4 Å². The van der Waals surface area contributed by atoms with Gasteiger partial charge in [0.1, 0.15) is 12.7 Å². The Kier molecular flexibility index (Phi) is 8.02. The second-order valence-corrected chi connectivity index (χ2v) is 10.9. The van der Waals surface area contributed by atoms with Crippen molar-refractivity contribution < 1.29 is 0 Å². The zero-order chi connectivity index (χ0) is 28.0. The lowest BCUT2D eigenvalue weighted by Crippen LogP contribution is -1.96. The topological polar surface area (TPSA) is 64.3 Å². The Hall–Kier alpha value is -4.53. The molecular weight excluding hydrogens is 640 g/mol. The van der Waals surface area contributed by atoms with E-state index in [4.69, 9.17) is 0 Å². The number of hydrogen-bond donors (Lipinski definition) is 1. The molecule has 200 valence electrons. The van der Waals surface area contributed by atoms with E-state index in [0.29, 0.717) is 0 Å². The summed E-state index contributed by atoms with van der Waals surface area (Å²) in [4.78, 5) is 16.0. The van der Waals surface area contributed by atoms with Crippen LogP contribution in [0.1, 0.15) is 0 Å². The van der Waals surface area contributed by atoms with E-state index >= 15 is 0 Å². The third-order valence-electron chi connectivity index (χ3n) is 6.41. The summed E-state index contributed by atoms with van der Waals surface area (Å²) in [6.07, 6.45) is 5.44. The van der Waals surface area contributed by atoms with Crippen LogP contribution in [0.5, 0.6) is 0 Å². The van der Waals surface area contributed by atoms with Crippen LogP contribution in [0.3, 0.4) is 0 Å². The lowest BCUT2D eigenvalue weighted by atomic mass is 10.2. The molecule has 0 atom stereocenters. The van der Waals surface area contributed by atoms with Crippen molar-refractivity contribution in [2.24, 2.45) is 0 Å².